The molecule has 1 aromatic rings. The maximum absolute atomic E-state index is 4.55. The average molecular weight is 512 g/mol. The summed E-state index contributed by atoms with van der Waals surface area (Å²) in [6.45, 7) is 12.8. The lowest BCUT2D eigenvalue weighted by atomic mass is 9.45. The molecule has 4 aliphatic carbocycles. The summed E-state index contributed by atoms with van der Waals surface area (Å²) in [5.41, 5.74) is 2.94. The zero-order valence-corrected chi connectivity index (χ0v) is 24.6. The van der Waals surface area contributed by atoms with E-state index in [1.54, 1.807) is 0 Å². The van der Waals surface area contributed by atoms with Crippen LogP contribution in [0.2, 0.25) is 0 Å². The topological polar surface area (TPSA) is 12.9 Å². The molecule has 5 rings (SSSR count). The van der Waals surface area contributed by atoms with Crippen molar-refractivity contribution in [3.8, 4) is 0 Å². The molecule has 35 heavy (non-hydrogen) atoms. The molecule has 1 aromatic heterocycles. The molecule has 3 saturated carbocycles. The summed E-state index contributed by atoms with van der Waals surface area (Å²) < 4.78 is 0. The van der Waals surface area contributed by atoms with Crippen molar-refractivity contribution in [1.82, 2.24) is 4.98 Å². The molecule has 0 N–H and O–H groups in total. The summed E-state index contributed by atoms with van der Waals surface area (Å²) in [7, 11) is 3.99. The molecular weight excluding hydrogens is 462 g/mol. The van der Waals surface area contributed by atoms with Crippen LogP contribution in [0.5, 0.6) is 0 Å². The Morgan fingerprint density at radius 1 is 1.00 bits per heavy atom. The van der Waals surface area contributed by atoms with E-state index in [2.05, 4.69) is 68.6 Å². The second-order valence-electron chi connectivity index (χ2n) is 13.6. The van der Waals surface area contributed by atoms with E-state index >= 15 is 0 Å². The Bertz CT molecular complexity index is 881. The number of nitrogens with zero attached hydrogens (tertiary/aromatic N) is 1. The third kappa shape index (κ3) is 5.29. The Hall–Kier alpha value is -0.410. The predicted molar refractivity (Wildman–Crippen MR) is 155 cm³/mol. The maximum Gasteiger partial charge on any atom is 0.106 e. The quantitative estimate of drug-likeness (QED) is 0.254. The first-order valence-corrected chi connectivity index (χ1v) is 17.0. The second kappa shape index (κ2) is 10.8. The Labute approximate surface area is 223 Å². The average Bonchev–Trinajstić information content (AvgIpc) is 3.24. The van der Waals surface area contributed by atoms with Gasteiger partial charge in [0.2, 0.25) is 0 Å². The van der Waals surface area contributed by atoms with Crippen molar-refractivity contribution in [1.29, 1.82) is 0 Å². The van der Waals surface area contributed by atoms with Gasteiger partial charge >= 0.3 is 0 Å². The predicted octanol–water partition coefficient (Wildman–Crippen LogP) is 10.2. The molecule has 3 fully saturated rings. The first-order chi connectivity index (χ1) is 16.8. The van der Waals surface area contributed by atoms with Crippen LogP contribution in [0.3, 0.4) is 0 Å². The van der Waals surface area contributed by atoms with Gasteiger partial charge in [-0.25, -0.2) is 4.98 Å². The summed E-state index contributed by atoms with van der Waals surface area (Å²) in [4.78, 5) is 4.55. The first-order valence-electron chi connectivity index (χ1n) is 14.8. The molecule has 0 bridgehead atoms. The molecule has 0 saturated heterocycles. The third-order valence-electron chi connectivity index (χ3n) is 10.9. The second-order valence-corrected chi connectivity index (χ2v) is 16.1. The number of pyridine rings is 1. The lowest BCUT2D eigenvalue weighted by Crippen LogP contribution is -2.53. The summed E-state index contributed by atoms with van der Waals surface area (Å²) in [6, 6.07) is 6.29. The highest BCUT2D eigenvalue weighted by Crippen LogP contribution is 2.67. The molecule has 1 nitrogen and oxygen atoms in total. The van der Waals surface area contributed by atoms with Gasteiger partial charge in [0, 0.05) is 11.4 Å². The molecule has 1 heterocycles. The highest BCUT2D eigenvalue weighted by Gasteiger charge is 2.58. The monoisotopic (exact) mass is 511 g/mol. The molecule has 4 aliphatic rings. The van der Waals surface area contributed by atoms with Gasteiger partial charge in [-0.1, -0.05) is 88.8 Å². The van der Waals surface area contributed by atoms with Gasteiger partial charge in [-0.3, -0.25) is 0 Å². The fourth-order valence-electron chi connectivity index (χ4n) is 8.87. The smallest absolute Gasteiger partial charge is 0.106 e. The normalized spacial score (nSPS) is 39.5. The van der Waals surface area contributed by atoms with Gasteiger partial charge in [0.1, 0.15) is 5.03 Å². The number of fused-ring (bicyclic) bond motifs is 5. The molecule has 0 spiro atoms. The van der Waals surface area contributed by atoms with Gasteiger partial charge in [0.25, 0.3) is 0 Å². The van der Waals surface area contributed by atoms with Gasteiger partial charge in [-0.05, 0) is 114 Å². The lowest BCUT2D eigenvalue weighted by molar-refractivity contribution is -0.0589. The molecule has 0 aliphatic heterocycles. The van der Waals surface area contributed by atoms with Crippen molar-refractivity contribution in [3.05, 3.63) is 36.0 Å². The van der Waals surface area contributed by atoms with Crippen molar-refractivity contribution in [2.24, 2.45) is 46.3 Å². The van der Waals surface area contributed by atoms with E-state index in [1.165, 1.54) is 70.6 Å². The largest absolute Gasteiger partial charge is 0.249 e. The van der Waals surface area contributed by atoms with E-state index in [4.69, 9.17) is 0 Å². The van der Waals surface area contributed by atoms with Gasteiger partial charge in [0.05, 0.1) is 0 Å². The minimum atomic E-state index is 0.454. The number of aromatic nitrogens is 1. The standard InChI is InChI=1S/C32H49NS2/c1-22(2)10-8-11-23(3)26-21-24-20-25(34-35-29-13-6-7-19-33-29)14-18-32(24,5)28-15-17-31(4)16-9-12-27(31)30(26)28/h6-7,13,19,21-23,25-28,30H,8-12,14-18,20H2,1-5H3/t23-,25+,26?,27+,28+,30+,31-,32+/m1/s1. The van der Waals surface area contributed by atoms with Crippen LogP contribution < -0.4 is 0 Å². The molecule has 3 heteroatoms. The minimum Gasteiger partial charge on any atom is -0.249 e. The van der Waals surface area contributed by atoms with Crippen LogP contribution in [0.15, 0.2) is 41.1 Å². The van der Waals surface area contributed by atoms with E-state index < -0.39 is 0 Å². The van der Waals surface area contributed by atoms with Crippen molar-refractivity contribution < 1.29 is 0 Å². The molecule has 8 atom stereocenters. The molecule has 0 aromatic carbocycles. The zero-order valence-electron chi connectivity index (χ0n) is 23.0. The summed E-state index contributed by atoms with van der Waals surface area (Å²) in [6.07, 6.45) is 20.6. The number of rotatable bonds is 8. The van der Waals surface area contributed by atoms with Crippen LogP contribution in [0, 0.1) is 46.3 Å². The van der Waals surface area contributed by atoms with Crippen molar-refractivity contribution in [2.45, 2.75) is 116 Å². The molecule has 194 valence electrons. The Morgan fingerprint density at radius 3 is 2.63 bits per heavy atom. The van der Waals surface area contributed by atoms with E-state index in [0.29, 0.717) is 10.8 Å². The maximum atomic E-state index is 4.55. The summed E-state index contributed by atoms with van der Waals surface area (Å²) in [5, 5.41) is 1.89. The van der Waals surface area contributed by atoms with Crippen molar-refractivity contribution in [3.63, 3.8) is 0 Å². The molecular formula is C32H49NS2. The van der Waals surface area contributed by atoms with Crippen LogP contribution in [0.4, 0.5) is 0 Å². The zero-order chi connectivity index (χ0) is 24.6. The van der Waals surface area contributed by atoms with Crippen molar-refractivity contribution >= 4 is 21.6 Å². The van der Waals surface area contributed by atoms with E-state index in [1.807, 2.05) is 28.6 Å². The fourth-order valence-corrected chi connectivity index (χ4v) is 11.3. The van der Waals surface area contributed by atoms with Gasteiger partial charge in [-0.15, -0.1) is 0 Å². The SMILES string of the molecule is CC(C)CCC[C@@H](C)C1C=C2C[C@@H](SSc3ccccn3)CC[C@]2(C)[C@H]2CC[C@@]3(C)CCC[C@H]3[C@H]12. The van der Waals surface area contributed by atoms with Crippen molar-refractivity contribution in [2.75, 3.05) is 0 Å². The van der Waals surface area contributed by atoms with Crippen LogP contribution >= 0.6 is 21.6 Å². The van der Waals surface area contributed by atoms with Crippen LogP contribution in [-0.2, 0) is 0 Å². The van der Waals surface area contributed by atoms with Gasteiger partial charge in [0.15, 0.2) is 0 Å². The first kappa shape index (κ1) is 26.2. The Balaban J connectivity index is 1.38. The van der Waals surface area contributed by atoms with E-state index in [9.17, 15) is 0 Å². The fraction of sp³-hybridized carbons (Fsp3) is 0.781. The van der Waals surface area contributed by atoms with E-state index in [-0.39, 0.29) is 0 Å². The highest BCUT2D eigenvalue weighted by molar-refractivity contribution is 8.76. The summed E-state index contributed by atoms with van der Waals surface area (Å²) in [5.74, 6) is 5.31. The highest BCUT2D eigenvalue weighted by atomic mass is 33.1. The number of hydrogen-bond donors (Lipinski definition) is 0. The lowest BCUT2D eigenvalue weighted by Gasteiger charge is -2.60. The van der Waals surface area contributed by atoms with Gasteiger partial charge < -0.3 is 0 Å². The molecule has 0 amide bonds. The summed E-state index contributed by atoms with van der Waals surface area (Å²) >= 11 is 0. The Morgan fingerprint density at radius 2 is 1.86 bits per heavy atom. The van der Waals surface area contributed by atoms with Gasteiger partial charge in [-0.2, -0.15) is 0 Å². The van der Waals surface area contributed by atoms with E-state index in [0.717, 1.165) is 45.8 Å². The molecule has 0 radical (unpaired) electrons. The number of allylic oxidation sites excluding steroid dienone is 2. The molecule has 1 unspecified atom stereocenters. The van der Waals surface area contributed by atoms with Crippen LogP contribution in [0.25, 0.3) is 0 Å². The third-order valence-corrected chi connectivity index (χ3v) is 13.7. The van der Waals surface area contributed by atoms with Crippen LogP contribution in [-0.4, -0.2) is 10.2 Å². The number of hydrogen-bond acceptors (Lipinski definition) is 3. The Kier molecular flexibility index (Phi) is 8.05. The van der Waals surface area contributed by atoms with Crippen LogP contribution in [0.1, 0.15) is 105 Å². The minimum absolute atomic E-state index is 0.454.